The van der Waals surface area contributed by atoms with E-state index in [0.29, 0.717) is 0 Å². The molecule has 9 saturated heterocycles. The summed E-state index contributed by atoms with van der Waals surface area (Å²) < 4.78 is 21.3. The van der Waals surface area contributed by atoms with Crippen molar-refractivity contribution in [1.29, 1.82) is 0 Å². The van der Waals surface area contributed by atoms with E-state index in [1.54, 1.807) is 0 Å². The van der Waals surface area contributed by atoms with E-state index in [1.165, 1.54) is 0 Å². The molecule has 9 rings (SSSR count). The number of hydrogen-bond donors (Lipinski definition) is 14. The van der Waals surface area contributed by atoms with E-state index < -0.39 is 0 Å². The van der Waals surface area contributed by atoms with Crippen molar-refractivity contribution in [3.63, 3.8) is 0 Å². The Balaban J connectivity index is 1.03. The maximum atomic E-state index is 3.78. The Labute approximate surface area is 321 Å². The van der Waals surface area contributed by atoms with Crippen molar-refractivity contribution in [1.82, 2.24) is 118 Å². The van der Waals surface area contributed by atoms with Crippen LogP contribution in [0.4, 0.5) is 0 Å². The van der Waals surface area contributed by atoms with E-state index in [9.17, 15) is 0 Å². The van der Waals surface area contributed by atoms with Crippen LogP contribution in [0.15, 0.2) is 0 Å². The lowest BCUT2D eigenvalue weighted by atomic mass is 9.44. The third-order valence-electron chi connectivity index (χ3n) is 9.81. The van der Waals surface area contributed by atoms with Gasteiger partial charge in [-0.2, -0.15) is 0 Å². The highest BCUT2D eigenvalue weighted by Gasteiger charge is 2.53. The summed E-state index contributed by atoms with van der Waals surface area (Å²) in [7, 11) is 29.5. The van der Waals surface area contributed by atoms with Crippen molar-refractivity contribution in [2.45, 2.75) is 13.6 Å². The predicted molar refractivity (Wildman–Crippen MR) is 224 cm³/mol. The molecule has 9 heterocycles. The summed E-state index contributed by atoms with van der Waals surface area (Å²) >= 11 is 0. The Bertz CT molecular complexity index is 1120. The Morgan fingerprint density at radius 1 is 0.442 bits per heavy atom. The first-order chi connectivity index (χ1) is 25.4. The fraction of sp³-hybridized carbons (Fsp3) is 1.00. The molecule has 234 valence electrons. The van der Waals surface area contributed by atoms with E-state index in [0.717, 1.165) is 0 Å². The number of rotatable bonds is 0. The van der Waals surface area contributed by atoms with Gasteiger partial charge in [-0.25, -0.2) is 0 Å². The molecule has 52 heavy (non-hydrogen) atoms. The summed E-state index contributed by atoms with van der Waals surface area (Å²) in [6.07, 6.45) is 0. The van der Waals surface area contributed by atoms with Crippen molar-refractivity contribution in [2.75, 3.05) is 14.1 Å². The van der Waals surface area contributed by atoms with Gasteiger partial charge in [0.1, 0.15) is 0 Å². The van der Waals surface area contributed by atoms with Gasteiger partial charge in [-0.3, -0.25) is 0 Å². The van der Waals surface area contributed by atoms with Crippen LogP contribution in [0.25, 0.3) is 0 Å². The molecule has 0 spiro atoms. The summed E-state index contributed by atoms with van der Waals surface area (Å²) in [6.45, 7) is 4.21. The van der Waals surface area contributed by atoms with Gasteiger partial charge in [0.15, 0.2) is 0 Å². The molecule has 6 atom stereocenters. The Morgan fingerprint density at radius 2 is 0.981 bits per heavy atom. The summed E-state index contributed by atoms with van der Waals surface area (Å²) in [6, 6.07) is 0. The first-order valence-electron chi connectivity index (χ1n) is 17.4. The SMILES string of the molecule is CB1NB2NB(N1)N1B(C)N[B]NB1N1[B]N[B]N([B]1)B1N[B]NB(N1)N1[B]N(C)[B]N([B]1)B1N(C)[B]N[B]N1B1N[B]NB(N1)N1[B]N[B]N2[B]1. The zero-order chi connectivity index (χ0) is 35.3. The maximum Gasteiger partial charge on any atom is 0.358 e. The van der Waals surface area contributed by atoms with Gasteiger partial charge in [0.05, 0.1) is 0 Å². The van der Waals surface area contributed by atoms with Crippen LogP contribution in [-0.2, 0) is 0 Å². The Morgan fingerprint density at radius 3 is 1.75 bits per heavy atom. The summed E-state index contributed by atoms with van der Waals surface area (Å²) in [4.78, 5) is 0. The first-order valence-corrected chi connectivity index (χ1v) is 17.4. The molecule has 9 aliphatic rings. The molecular weight excluding hydrogens is 644 g/mol. The molecule has 14 N–H and O–H groups in total. The normalized spacial score (nSPS) is 34.5. The molecule has 0 aromatic carbocycles. The predicted octanol–water partition coefficient (Wildman–Crippen LogP) is -17.8. The quantitative estimate of drug-likeness (QED) is 0.108. The van der Waals surface area contributed by atoms with Gasteiger partial charge in [0, 0.05) is 0 Å². The van der Waals surface area contributed by atoms with Crippen LogP contribution in [0, 0.1) is 0 Å². The van der Waals surface area contributed by atoms with Crippen LogP contribution >= 0.6 is 0 Å². The van der Waals surface area contributed by atoms with Gasteiger partial charge in [0.2, 0.25) is 0 Å². The van der Waals surface area contributed by atoms with Gasteiger partial charge >= 0.3 is 56.9 Å². The lowest BCUT2D eigenvalue weighted by Crippen LogP contribution is -2.92. The van der Waals surface area contributed by atoms with Crippen LogP contribution < -0.4 is 71.9 Å². The van der Waals surface area contributed by atoms with Crippen molar-refractivity contribution in [3.05, 3.63) is 0 Å². The third-order valence-corrected chi connectivity index (χ3v) is 9.81. The average Bonchev–Trinajstić information content (AvgIpc) is 3.17. The van der Waals surface area contributed by atoms with E-state index in [1.807, 2.05) is 94.3 Å². The van der Waals surface area contributed by atoms with E-state index >= 15 is 0 Å². The van der Waals surface area contributed by atoms with Crippen LogP contribution in [0.3, 0.4) is 0 Å². The smallest absolute Gasteiger partial charge is 0.358 e. The van der Waals surface area contributed by atoms with E-state index in [2.05, 4.69) is 158 Å². The highest BCUT2D eigenvalue weighted by molar-refractivity contribution is 7.02. The molecule has 12 bridgehead atoms. The van der Waals surface area contributed by atoms with Gasteiger partial charge < -0.3 is 118 Å². The van der Waals surface area contributed by atoms with Gasteiger partial charge in [-0.1, -0.05) is 13.6 Å². The summed E-state index contributed by atoms with van der Waals surface area (Å²) in [5, 5.41) is 49.3. The maximum absolute atomic E-state index is 3.78. The fourth-order valence-electron chi connectivity index (χ4n) is 7.41. The van der Waals surface area contributed by atoms with Crippen molar-refractivity contribution >= 4 is 177 Å². The lowest BCUT2D eigenvalue weighted by molar-refractivity contribution is 0.605. The zero-order valence-electron chi connectivity index (χ0n) is 29.3. The van der Waals surface area contributed by atoms with Gasteiger partial charge in [-0.15, -0.1) is 0 Å². The second-order valence-electron chi connectivity index (χ2n) is 13.6. The second-order valence-corrected chi connectivity index (χ2v) is 13.6. The molecule has 9 aliphatic heterocycles. The largest absolute Gasteiger partial charge is 0.381 e. The van der Waals surface area contributed by atoms with Crippen LogP contribution in [0.1, 0.15) is 0 Å². The molecule has 48 heteroatoms. The minimum atomic E-state index is -0.301. The van der Waals surface area contributed by atoms with Gasteiger partial charge in [0.25, 0.3) is 120 Å². The third kappa shape index (κ3) is 8.02. The Kier molecular flexibility index (Phi) is 12.3. The van der Waals surface area contributed by atoms with Crippen LogP contribution in [-0.4, -0.2) is 237 Å². The highest BCUT2D eigenvalue weighted by Crippen LogP contribution is 2.13. The summed E-state index contributed by atoms with van der Waals surface area (Å²) in [5.41, 5.74) is 0. The lowest BCUT2D eigenvalue weighted by Gasteiger charge is -2.53. The number of hydrogen-bond acceptors (Lipinski definition) is 24. The standard InChI is InChI=1S/C4H26B24N24/c1-19-38-25-42-26(39-19)52-20(2)32-5-37-27(52)48-12-31-10-46(17-48)21-33-6-35-23(40-21)49-14-43(3)15-50(18-49)28-44(4)8-29-13-51(28)24-36-7-34-22(41-24)45-9-30-11-47(25)16-45/h29-42H,1-4H3. The molecule has 0 aromatic heterocycles. The van der Waals surface area contributed by atoms with Crippen molar-refractivity contribution in [2.24, 2.45) is 0 Å². The van der Waals surface area contributed by atoms with Gasteiger partial charge in [-0.05, 0) is 14.1 Å². The molecule has 9 fully saturated rings. The topological polar surface area (TPSA) is 201 Å². The minimum Gasteiger partial charge on any atom is -0.381 e. The van der Waals surface area contributed by atoms with Crippen molar-refractivity contribution < 1.29 is 0 Å². The molecular formula is C4H26B24N24. The second kappa shape index (κ2) is 16.8. The minimum absolute atomic E-state index is 0.0239. The average molecular weight is 670 g/mol. The summed E-state index contributed by atoms with van der Waals surface area (Å²) in [5.74, 6) is 0. The fourth-order valence-corrected chi connectivity index (χ4v) is 7.41. The van der Waals surface area contributed by atoms with E-state index in [4.69, 9.17) is 0 Å². The molecule has 14 radical (unpaired) electrons. The monoisotopic (exact) mass is 675 g/mol. The Hall–Kier alpha value is 0.598. The molecule has 0 amide bonds. The molecule has 6 unspecified atom stereocenters. The van der Waals surface area contributed by atoms with Crippen LogP contribution in [0.2, 0.25) is 13.6 Å². The molecule has 24 nitrogen and oxygen atoms in total. The molecule has 0 aliphatic carbocycles. The van der Waals surface area contributed by atoms with Crippen LogP contribution in [0.5, 0.6) is 0 Å². The number of fused-ring (bicyclic) bond motifs is 22. The zero-order valence-corrected chi connectivity index (χ0v) is 29.3. The number of nitrogens with one attached hydrogen (secondary N) is 14. The first kappa shape index (κ1) is 38.1. The number of nitrogens with zero attached hydrogens (tertiary/aromatic N) is 10. The molecule has 0 saturated carbocycles. The van der Waals surface area contributed by atoms with Crippen molar-refractivity contribution in [3.8, 4) is 0 Å². The molecule has 0 aromatic rings. The van der Waals surface area contributed by atoms with E-state index in [-0.39, 0.29) is 70.9 Å². The highest BCUT2D eigenvalue weighted by atomic mass is 15.4.